The van der Waals surface area contributed by atoms with Crippen molar-refractivity contribution in [3.05, 3.63) is 29.3 Å². The van der Waals surface area contributed by atoms with E-state index in [0.717, 1.165) is 16.0 Å². The van der Waals surface area contributed by atoms with E-state index in [2.05, 4.69) is 29.4 Å². The van der Waals surface area contributed by atoms with Crippen molar-refractivity contribution in [2.75, 3.05) is 18.6 Å². The zero-order valence-electron chi connectivity index (χ0n) is 15.6. The summed E-state index contributed by atoms with van der Waals surface area (Å²) in [4.78, 5) is 7.51. The van der Waals surface area contributed by atoms with Gasteiger partial charge in [-0.2, -0.15) is 0 Å². The van der Waals surface area contributed by atoms with Crippen LogP contribution in [0.4, 0.5) is 5.69 Å². The Morgan fingerprint density at radius 3 is 2.77 bits per heavy atom. The number of aliphatic imine (C=N–C) groups is 1. The van der Waals surface area contributed by atoms with Gasteiger partial charge in [-0.15, -0.1) is 0 Å². The first-order valence-electron chi connectivity index (χ1n) is 9.89. The monoisotopic (exact) mass is 404 g/mol. The summed E-state index contributed by atoms with van der Waals surface area (Å²) in [6.45, 7) is 1.06. The maximum atomic E-state index is 5.74. The average Bonchev–Trinajstić information content (AvgIpc) is 2.70. The van der Waals surface area contributed by atoms with Crippen molar-refractivity contribution in [3.8, 4) is 0 Å². The van der Waals surface area contributed by atoms with Crippen molar-refractivity contribution in [1.29, 1.82) is 0 Å². The predicted molar refractivity (Wildman–Crippen MR) is 121 cm³/mol. The van der Waals surface area contributed by atoms with Gasteiger partial charge in [-0.25, -0.2) is 4.99 Å². The summed E-state index contributed by atoms with van der Waals surface area (Å²) in [6.07, 6.45) is 13.9. The van der Waals surface area contributed by atoms with Crippen molar-refractivity contribution in [1.82, 2.24) is 4.90 Å². The maximum absolute atomic E-state index is 5.74. The lowest BCUT2D eigenvalue weighted by atomic mass is 9.75. The molecule has 0 bridgehead atoms. The average molecular weight is 405 g/mol. The fourth-order valence-electron chi connectivity index (χ4n) is 4.66. The summed E-state index contributed by atoms with van der Waals surface area (Å²) < 4.78 is 0.977. The van der Waals surface area contributed by atoms with E-state index < -0.39 is 0 Å². The second kappa shape index (κ2) is 8.24. The van der Waals surface area contributed by atoms with Gasteiger partial charge < -0.3 is 4.90 Å². The van der Waals surface area contributed by atoms with Gasteiger partial charge in [0, 0.05) is 12.3 Å². The first-order chi connectivity index (χ1) is 12.7. The topological polar surface area (TPSA) is 15.6 Å². The summed E-state index contributed by atoms with van der Waals surface area (Å²) in [5, 5.41) is 1.12. The van der Waals surface area contributed by atoms with Crippen LogP contribution < -0.4 is 0 Å². The number of thioether (sulfide) groups is 2. The van der Waals surface area contributed by atoms with Crippen LogP contribution in [0.2, 0.25) is 0 Å². The number of aryl methyl sites for hydroxylation is 1. The second-order valence-electron chi connectivity index (χ2n) is 7.92. The highest BCUT2D eigenvalue weighted by Crippen LogP contribution is 2.44. The molecule has 2 nitrogen and oxygen atoms in total. The molecule has 0 radical (unpaired) electrons. The molecule has 5 heteroatoms. The van der Waals surface area contributed by atoms with E-state index in [0.29, 0.717) is 5.41 Å². The maximum Gasteiger partial charge on any atom is 0.169 e. The van der Waals surface area contributed by atoms with Crippen LogP contribution in [0.25, 0.3) is 0 Å². The Bertz CT molecular complexity index is 707. The van der Waals surface area contributed by atoms with Gasteiger partial charge in [-0.3, -0.25) is 0 Å². The van der Waals surface area contributed by atoms with E-state index in [1.165, 1.54) is 80.4 Å². The van der Waals surface area contributed by atoms with Crippen molar-refractivity contribution in [2.45, 2.75) is 57.8 Å². The summed E-state index contributed by atoms with van der Waals surface area (Å²) in [5.41, 5.74) is 4.59. The first-order valence-corrected chi connectivity index (χ1v) is 12.5. The molecule has 140 valence electrons. The number of nitrogens with zero attached hydrogens (tertiary/aromatic N) is 2. The van der Waals surface area contributed by atoms with Gasteiger partial charge in [0.05, 0.1) is 5.69 Å². The van der Waals surface area contributed by atoms with Crippen LogP contribution in [0, 0.1) is 5.41 Å². The molecule has 26 heavy (non-hydrogen) atoms. The molecule has 0 N–H and O–H groups in total. The Hall–Kier alpha value is -0.520. The summed E-state index contributed by atoms with van der Waals surface area (Å²) in [7, 11) is 0. The van der Waals surface area contributed by atoms with Gasteiger partial charge in [0.1, 0.15) is 4.32 Å². The zero-order chi connectivity index (χ0) is 18.0. The molecule has 4 rings (SSSR count). The van der Waals surface area contributed by atoms with Gasteiger partial charge in [0.15, 0.2) is 5.17 Å². The van der Waals surface area contributed by atoms with E-state index in [-0.39, 0.29) is 0 Å². The highest BCUT2D eigenvalue weighted by Gasteiger charge is 2.40. The van der Waals surface area contributed by atoms with Crippen LogP contribution in [-0.2, 0) is 12.8 Å². The Labute approximate surface area is 171 Å². The van der Waals surface area contributed by atoms with E-state index in [4.69, 9.17) is 17.2 Å². The second-order valence-corrected chi connectivity index (χ2v) is 10.3. The number of amidine groups is 1. The largest absolute Gasteiger partial charge is 0.306 e. The molecule has 0 atom stereocenters. The van der Waals surface area contributed by atoms with Crippen LogP contribution in [0.15, 0.2) is 23.2 Å². The number of fused-ring (bicyclic) bond motifs is 1. The van der Waals surface area contributed by atoms with E-state index in [9.17, 15) is 0 Å². The Morgan fingerprint density at radius 2 is 1.96 bits per heavy atom. The van der Waals surface area contributed by atoms with Crippen molar-refractivity contribution < 1.29 is 0 Å². The van der Waals surface area contributed by atoms with Gasteiger partial charge in [-0.1, -0.05) is 67.1 Å². The number of rotatable bonds is 1. The molecule has 1 heterocycles. The minimum absolute atomic E-state index is 0.442. The summed E-state index contributed by atoms with van der Waals surface area (Å²) in [6, 6.07) is 6.66. The lowest BCUT2D eigenvalue weighted by Gasteiger charge is -2.45. The molecule has 1 aromatic rings. The third kappa shape index (κ3) is 3.85. The fourth-order valence-corrected chi connectivity index (χ4v) is 6.59. The molecule has 1 saturated heterocycles. The standard InChI is InChI=1S/C21H28N2S3/c1-25-20(24)23-14-21(12-5-2-6-13-21)15-26-19(23)22-18-11-7-9-16-8-3-4-10-17(16)18/h7,9,11H,2-6,8,10,12-15H2,1H3. The van der Waals surface area contributed by atoms with Gasteiger partial charge in [-0.05, 0) is 67.4 Å². The van der Waals surface area contributed by atoms with E-state index in [1.807, 2.05) is 11.8 Å². The third-order valence-corrected chi connectivity index (χ3v) is 8.74. The Kier molecular flexibility index (Phi) is 5.96. The highest BCUT2D eigenvalue weighted by molar-refractivity contribution is 8.23. The summed E-state index contributed by atoms with van der Waals surface area (Å²) in [5.74, 6) is 1.20. The molecule has 0 amide bonds. The minimum atomic E-state index is 0.442. The normalized spacial score (nSPS) is 23.9. The van der Waals surface area contributed by atoms with Gasteiger partial charge in [0.25, 0.3) is 0 Å². The molecule has 1 aliphatic heterocycles. The minimum Gasteiger partial charge on any atom is -0.306 e. The lowest BCUT2D eigenvalue weighted by molar-refractivity contribution is 0.194. The molecular formula is C21H28N2S3. The van der Waals surface area contributed by atoms with E-state index >= 15 is 0 Å². The smallest absolute Gasteiger partial charge is 0.169 e. The predicted octanol–water partition coefficient (Wildman–Crippen LogP) is 6.20. The molecule has 1 saturated carbocycles. The van der Waals surface area contributed by atoms with Crippen molar-refractivity contribution in [2.24, 2.45) is 10.4 Å². The molecule has 1 aromatic carbocycles. The summed E-state index contributed by atoms with van der Waals surface area (Å²) >= 11 is 9.36. The quantitative estimate of drug-likeness (QED) is 0.518. The SMILES string of the molecule is CSC(=S)N1CC2(CCCCC2)CSC1=Nc1cccc2c1CCCC2. The van der Waals surface area contributed by atoms with E-state index in [1.54, 1.807) is 11.8 Å². The van der Waals surface area contributed by atoms with Gasteiger partial charge >= 0.3 is 0 Å². The number of benzene rings is 1. The van der Waals surface area contributed by atoms with Crippen molar-refractivity contribution >= 4 is 50.9 Å². The Morgan fingerprint density at radius 1 is 1.15 bits per heavy atom. The molecular weight excluding hydrogens is 376 g/mol. The van der Waals surface area contributed by atoms with Crippen LogP contribution in [0.3, 0.4) is 0 Å². The number of hydrogen-bond donors (Lipinski definition) is 0. The Balaban J connectivity index is 1.64. The highest BCUT2D eigenvalue weighted by atomic mass is 32.2. The van der Waals surface area contributed by atoms with Crippen LogP contribution in [-0.4, -0.2) is 32.9 Å². The molecule has 2 fully saturated rings. The molecule has 1 spiro atoms. The van der Waals surface area contributed by atoms with Gasteiger partial charge in [0.2, 0.25) is 0 Å². The molecule has 0 unspecified atom stereocenters. The third-order valence-electron chi connectivity index (χ3n) is 6.13. The molecule has 3 aliphatic rings. The van der Waals surface area contributed by atoms with Crippen LogP contribution in [0.1, 0.15) is 56.1 Å². The molecule has 2 aliphatic carbocycles. The number of thiocarbonyl (C=S) groups is 1. The van der Waals surface area contributed by atoms with Crippen LogP contribution in [0.5, 0.6) is 0 Å². The fraction of sp³-hybridized carbons (Fsp3) is 0.619. The van der Waals surface area contributed by atoms with Crippen LogP contribution >= 0.6 is 35.7 Å². The van der Waals surface area contributed by atoms with Crippen molar-refractivity contribution in [3.63, 3.8) is 0 Å². The first kappa shape index (κ1) is 18.8. The lowest BCUT2D eigenvalue weighted by Crippen LogP contribution is -2.48. The number of hydrogen-bond acceptors (Lipinski definition) is 4. The molecule has 0 aromatic heterocycles. The zero-order valence-corrected chi connectivity index (χ0v) is 18.1.